The molecule has 0 aromatic heterocycles. The predicted molar refractivity (Wildman–Crippen MR) is 85.1 cm³/mol. The van der Waals surface area contributed by atoms with E-state index in [9.17, 15) is 9.59 Å². The van der Waals surface area contributed by atoms with Gasteiger partial charge in [-0.2, -0.15) is 0 Å². The van der Waals surface area contributed by atoms with E-state index in [2.05, 4.69) is 19.9 Å². The van der Waals surface area contributed by atoms with E-state index in [-0.39, 0.29) is 16.4 Å². The summed E-state index contributed by atoms with van der Waals surface area (Å²) >= 11 is 0. The average Bonchev–Trinajstić information content (AvgIpc) is 2.76. The summed E-state index contributed by atoms with van der Waals surface area (Å²) in [6.07, 6.45) is 9.10. The molecule has 0 spiro atoms. The van der Waals surface area contributed by atoms with Crippen molar-refractivity contribution >= 4 is 11.6 Å². The Morgan fingerprint density at radius 1 is 1.14 bits per heavy atom. The number of hydrogen-bond acceptors (Lipinski definition) is 3. The van der Waals surface area contributed by atoms with E-state index < -0.39 is 0 Å². The summed E-state index contributed by atoms with van der Waals surface area (Å²) in [6.45, 7) is 4.47. The summed E-state index contributed by atoms with van der Waals surface area (Å²) in [7, 11) is 0. The molecule has 0 radical (unpaired) electrons. The van der Waals surface area contributed by atoms with E-state index in [1.54, 1.807) is 0 Å². The molecule has 5 atom stereocenters. The highest BCUT2D eigenvalue weighted by molar-refractivity contribution is 5.87. The van der Waals surface area contributed by atoms with Crippen molar-refractivity contribution in [1.82, 2.24) is 0 Å². The lowest BCUT2D eigenvalue weighted by Gasteiger charge is -2.59. The SMILES string of the molecule is C[C@@]12CC=C3[C@@H](CC[C@@]4(N)CC(=O)CC[C@@]34C)[C@H]1CCC2=O. The number of ketones is 2. The van der Waals surface area contributed by atoms with Gasteiger partial charge >= 0.3 is 0 Å². The normalized spacial score (nSPS) is 51.0. The second kappa shape index (κ2) is 4.31. The molecule has 2 N–H and O–H groups in total. The van der Waals surface area contributed by atoms with Gasteiger partial charge in [-0.1, -0.05) is 25.5 Å². The van der Waals surface area contributed by atoms with Crippen molar-refractivity contribution in [2.75, 3.05) is 0 Å². The first kappa shape index (κ1) is 14.6. The zero-order valence-electron chi connectivity index (χ0n) is 13.8. The first-order valence-corrected chi connectivity index (χ1v) is 8.85. The number of fused-ring (bicyclic) bond motifs is 5. The van der Waals surface area contributed by atoms with Crippen LogP contribution in [-0.4, -0.2) is 17.1 Å². The van der Waals surface area contributed by atoms with E-state index >= 15 is 0 Å². The molecule has 0 aromatic carbocycles. The summed E-state index contributed by atoms with van der Waals surface area (Å²) < 4.78 is 0. The molecule has 4 rings (SSSR count). The maximum absolute atomic E-state index is 12.4. The first-order chi connectivity index (χ1) is 10.3. The van der Waals surface area contributed by atoms with Gasteiger partial charge in [-0.05, 0) is 43.9 Å². The van der Waals surface area contributed by atoms with Gasteiger partial charge in [0.2, 0.25) is 0 Å². The number of rotatable bonds is 0. The third-order valence-corrected chi connectivity index (χ3v) is 7.82. The molecule has 0 heterocycles. The number of nitrogens with two attached hydrogens (primary N) is 1. The Morgan fingerprint density at radius 3 is 2.68 bits per heavy atom. The van der Waals surface area contributed by atoms with Crippen LogP contribution in [0, 0.1) is 22.7 Å². The molecule has 0 unspecified atom stereocenters. The fourth-order valence-electron chi connectivity index (χ4n) is 6.17. The van der Waals surface area contributed by atoms with E-state index in [1.165, 1.54) is 5.57 Å². The molecular formula is C19H27NO2. The molecule has 3 heteroatoms. The number of allylic oxidation sites excluding steroid dienone is 1. The molecule has 0 amide bonds. The molecular weight excluding hydrogens is 274 g/mol. The van der Waals surface area contributed by atoms with Gasteiger partial charge in [0.25, 0.3) is 0 Å². The predicted octanol–water partition coefficient (Wildman–Crippen LogP) is 3.17. The van der Waals surface area contributed by atoms with Crippen LogP contribution in [0.2, 0.25) is 0 Å². The van der Waals surface area contributed by atoms with Crippen molar-refractivity contribution in [3.05, 3.63) is 11.6 Å². The lowest BCUT2D eigenvalue weighted by Crippen LogP contribution is -2.63. The minimum Gasteiger partial charge on any atom is -0.324 e. The Labute approximate surface area is 132 Å². The lowest BCUT2D eigenvalue weighted by molar-refractivity contribution is -0.128. The summed E-state index contributed by atoms with van der Waals surface area (Å²) in [5.74, 6) is 1.80. The van der Waals surface area contributed by atoms with Crippen molar-refractivity contribution in [2.24, 2.45) is 28.4 Å². The van der Waals surface area contributed by atoms with Gasteiger partial charge in [-0.25, -0.2) is 0 Å². The number of hydrogen-bond donors (Lipinski definition) is 1. The zero-order chi connectivity index (χ0) is 15.8. The van der Waals surface area contributed by atoms with Crippen LogP contribution in [-0.2, 0) is 9.59 Å². The van der Waals surface area contributed by atoms with Crippen molar-refractivity contribution in [2.45, 2.75) is 70.8 Å². The van der Waals surface area contributed by atoms with Crippen LogP contribution in [0.5, 0.6) is 0 Å². The van der Waals surface area contributed by atoms with E-state index in [1.807, 2.05) is 0 Å². The van der Waals surface area contributed by atoms with Crippen LogP contribution in [0.4, 0.5) is 0 Å². The third-order valence-electron chi connectivity index (χ3n) is 7.82. The second-order valence-corrected chi connectivity index (χ2v) is 8.70. The van der Waals surface area contributed by atoms with Crippen LogP contribution >= 0.6 is 0 Å². The third kappa shape index (κ3) is 1.61. The standard InChI is InChI=1S/C19H27NO2/c1-17-8-7-15-13(14(17)3-4-16(17)22)6-10-19(20)11-12(21)5-9-18(15,19)2/h7,13-14H,3-6,8-11,20H2,1-2H3/t13-,14+,17+,18-,19+/m0/s1. The van der Waals surface area contributed by atoms with Crippen molar-refractivity contribution < 1.29 is 9.59 Å². The van der Waals surface area contributed by atoms with Crippen LogP contribution in [0.25, 0.3) is 0 Å². The molecule has 0 aromatic rings. The highest BCUT2D eigenvalue weighted by Crippen LogP contribution is 2.63. The lowest BCUT2D eigenvalue weighted by atomic mass is 9.47. The van der Waals surface area contributed by atoms with E-state index in [0.717, 1.165) is 38.5 Å². The van der Waals surface area contributed by atoms with Gasteiger partial charge in [0, 0.05) is 35.6 Å². The van der Waals surface area contributed by atoms with Crippen LogP contribution < -0.4 is 5.73 Å². The smallest absolute Gasteiger partial charge is 0.139 e. The Morgan fingerprint density at radius 2 is 1.91 bits per heavy atom. The molecule has 4 aliphatic rings. The Kier molecular flexibility index (Phi) is 2.87. The maximum Gasteiger partial charge on any atom is 0.139 e. The summed E-state index contributed by atoms with van der Waals surface area (Å²) in [5, 5.41) is 0. The fourth-order valence-corrected chi connectivity index (χ4v) is 6.17. The van der Waals surface area contributed by atoms with Crippen LogP contribution in [0.15, 0.2) is 11.6 Å². The number of carbonyl (C=O) groups is 2. The van der Waals surface area contributed by atoms with Gasteiger partial charge in [-0.3, -0.25) is 9.59 Å². The topological polar surface area (TPSA) is 60.2 Å². The molecule has 4 aliphatic carbocycles. The molecule has 120 valence electrons. The summed E-state index contributed by atoms with van der Waals surface area (Å²) in [5.41, 5.74) is 7.72. The molecule has 22 heavy (non-hydrogen) atoms. The van der Waals surface area contributed by atoms with Gasteiger partial charge in [0.15, 0.2) is 0 Å². The van der Waals surface area contributed by atoms with E-state index in [4.69, 9.17) is 5.73 Å². The van der Waals surface area contributed by atoms with Crippen molar-refractivity contribution in [1.29, 1.82) is 0 Å². The van der Waals surface area contributed by atoms with Crippen LogP contribution in [0.3, 0.4) is 0 Å². The van der Waals surface area contributed by atoms with Crippen molar-refractivity contribution in [3.8, 4) is 0 Å². The Hall–Kier alpha value is -0.960. The molecule has 3 saturated carbocycles. The number of carbonyl (C=O) groups excluding carboxylic acids is 2. The monoisotopic (exact) mass is 301 g/mol. The minimum atomic E-state index is -0.360. The Bertz CT molecular complexity index is 594. The molecule has 3 fully saturated rings. The van der Waals surface area contributed by atoms with Gasteiger partial charge in [0.05, 0.1) is 0 Å². The average molecular weight is 301 g/mol. The fraction of sp³-hybridized carbons (Fsp3) is 0.789. The number of Topliss-reactive ketones (excluding diaryl/α,β-unsaturated/α-hetero) is 2. The molecule has 0 aliphatic heterocycles. The molecule has 0 saturated heterocycles. The molecule has 3 nitrogen and oxygen atoms in total. The summed E-state index contributed by atoms with van der Waals surface area (Å²) in [6, 6.07) is 0. The minimum absolute atomic E-state index is 0.0448. The Balaban J connectivity index is 1.77. The quantitative estimate of drug-likeness (QED) is 0.699. The highest BCUT2D eigenvalue weighted by Gasteiger charge is 2.60. The largest absolute Gasteiger partial charge is 0.324 e. The highest BCUT2D eigenvalue weighted by atomic mass is 16.1. The zero-order valence-corrected chi connectivity index (χ0v) is 13.8. The summed E-state index contributed by atoms with van der Waals surface area (Å²) in [4.78, 5) is 24.3. The molecule has 0 bridgehead atoms. The maximum atomic E-state index is 12.4. The first-order valence-electron chi connectivity index (χ1n) is 8.85. The van der Waals surface area contributed by atoms with Gasteiger partial charge < -0.3 is 5.73 Å². The van der Waals surface area contributed by atoms with Crippen LogP contribution in [0.1, 0.15) is 65.2 Å². The van der Waals surface area contributed by atoms with E-state index in [0.29, 0.717) is 36.2 Å². The second-order valence-electron chi connectivity index (χ2n) is 8.70. The van der Waals surface area contributed by atoms with Gasteiger partial charge in [-0.15, -0.1) is 0 Å². The van der Waals surface area contributed by atoms with Gasteiger partial charge in [0.1, 0.15) is 11.6 Å². The van der Waals surface area contributed by atoms with Crippen molar-refractivity contribution in [3.63, 3.8) is 0 Å².